The fraction of sp³-hybridized carbons (Fsp3) is 0.562. The van der Waals surface area contributed by atoms with Gasteiger partial charge in [-0.25, -0.2) is 0 Å². The van der Waals surface area contributed by atoms with Crippen molar-refractivity contribution in [1.82, 2.24) is 0 Å². The molecule has 100 valence electrons. The van der Waals surface area contributed by atoms with Gasteiger partial charge in [-0.3, -0.25) is 4.79 Å². The summed E-state index contributed by atoms with van der Waals surface area (Å²) in [4.78, 5) is 11.2. The second-order valence-electron chi connectivity index (χ2n) is 4.96. The molecule has 0 unspecified atom stereocenters. The van der Waals surface area contributed by atoms with E-state index >= 15 is 0 Å². The lowest BCUT2D eigenvalue weighted by Gasteiger charge is -2.23. The van der Waals surface area contributed by atoms with Crippen LogP contribution in [0.2, 0.25) is 0 Å². The van der Waals surface area contributed by atoms with E-state index in [-0.39, 0.29) is 12.1 Å². The number of esters is 1. The Hall–Kier alpha value is -1.31. The fourth-order valence-electron chi connectivity index (χ4n) is 2.20. The summed E-state index contributed by atoms with van der Waals surface area (Å²) in [7, 11) is 0. The maximum Gasteiger partial charge on any atom is 0.302 e. The molecule has 0 fully saturated rings. The number of hydrogen-bond donors (Lipinski definition) is 0. The second-order valence-corrected chi connectivity index (χ2v) is 4.96. The first-order chi connectivity index (χ1) is 8.63. The average molecular weight is 248 g/mol. The average Bonchev–Trinajstić information content (AvgIpc) is 2.35. The number of carbonyl (C=O) groups is 1. The van der Waals surface area contributed by atoms with Gasteiger partial charge < -0.3 is 4.74 Å². The molecule has 0 aliphatic heterocycles. The van der Waals surface area contributed by atoms with Gasteiger partial charge in [0.15, 0.2) is 0 Å². The molecule has 0 radical (unpaired) electrons. The third-order valence-electron chi connectivity index (χ3n) is 3.19. The van der Waals surface area contributed by atoms with Crippen molar-refractivity contribution in [1.29, 1.82) is 0 Å². The predicted octanol–water partition coefficient (Wildman–Crippen LogP) is 3.99. The van der Waals surface area contributed by atoms with Gasteiger partial charge >= 0.3 is 5.97 Å². The number of ether oxygens (including phenoxy) is 1. The van der Waals surface area contributed by atoms with E-state index in [0.29, 0.717) is 5.92 Å². The van der Waals surface area contributed by atoms with Crippen LogP contribution in [0.15, 0.2) is 30.3 Å². The van der Waals surface area contributed by atoms with Crippen molar-refractivity contribution in [3.63, 3.8) is 0 Å². The van der Waals surface area contributed by atoms with E-state index in [0.717, 1.165) is 25.7 Å². The molecule has 2 nitrogen and oxygen atoms in total. The molecular formula is C16H24O2. The first-order valence-corrected chi connectivity index (χ1v) is 6.84. The summed E-state index contributed by atoms with van der Waals surface area (Å²) in [6, 6.07) is 10.4. The molecule has 0 saturated heterocycles. The van der Waals surface area contributed by atoms with E-state index in [1.165, 1.54) is 12.5 Å². The molecule has 0 aliphatic rings. The third-order valence-corrected chi connectivity index (χ3v) is 3.19. The fourth-order valence-corrected chi connectivity index (χ4v) is 2.20. The molecule has 0 N–H and O–H groups in total. The lowest BCUT2D eigenvalue weighted by atomic mass is 9.92. The Morgan fingerprint density at radius 1 is 1.28 bits per heavy atom. The molecule has 0 aromatic heterocycles. The van der Waals surface area contributed by atoms with Crippen molar-refractivity contribution in [2.45, 2.75) is 52.6 Å². The van der Waals surface area contributed by atoms with Crippen molar-refractivity contribution in [2.75, 3.05) is 0 Å². The van der Waals surface area contributed by atoms with Gasteiger partial charge in [0, 0.05) is 6.92 Å². The Balaban J connectivity index is 2.57. The van der Waals surface area contributed by atoms with Gasteiger partial charge in [0.1, 0.15) is 6.10 Å². The smallest absolute Gasteiger partial charge is 0.302 e. The van der Waals surface area contributed by atoms with Crippen molar-refractivity contribution < 1.29 is 9.53 Å². The molecular weight excluding hydrogens is 224 g/mol. The van der Waals surface area contributed by atoms with E-state index in [1.54, 1.807) is 0 Å². The van der Waals surface area contributed by atoms with Crippen LogP contribution in [0.1, 0.15) is 45.6 Å². The molecule has 0 saturated carbocycles. The van der Waals surface area contributed by atoms with E-state index in [2.05, 4.69) is 38.1 Å². The number of unbranched alkanes of at least 4 members (excludes halogenated alkanes) is 1. The SMILES string of the molecule is CCCC[C@H](OC(C)=O)[C@@H](C)Cc1ccccc1. The Kier molecular flexibility index (Phi) is 6.48. The minimum atomic E-state index is -0.170. The molecule has 1 rings (SSSR count). The molecule has 2 heteroatoms. The highest BCUT2D eigenvalue weighted by Gasteiger charge is 2.19. The van der Waals surface area contributed by atoms with Crippen molar-refractivity contribution in [2.24, 2.45) is 5.92 Å². The normalized spacial score (nSPS) is 13.9. The van der Waals surface area contributed by atoms with E-state index in [9.17, 15) is 4.79 Å². The van der Waals surface area contributed by atoms with Gasteiger partial charge in [-0.1, -0.05) is 57.0 Å². The topological polar surface area (TPSA) is 26.3 Å². The van der Waals surface area contributed by atoms with Crippen LogP contribution in [0.25, 0.3) is 0 Å². The number of benzene rings is 1. The molecule has 1 aromatic carbocycles. The van der Waals surface area contributed by atoms with Gasteiger partial charge in [-0.2, -0.15) is 0 Å². The zero-order valence-electron chi connectivity index (χ0n) is 11.7. The molecule has 18 heavy (non-hydrogen) atoms. The summed E-state index contributed by atoms with van der Waals surface area (Å²) in [5.74, 6) is 0.193. The largest absolute Gasteiger partial charge is 0.462 e. The minimum Gasteiger partial charge on any atom is -0.462 e. The highest BCUT2D eigenvalue weighted by molar-refractivity contribution is 5.66. The van der Waals surface area contributed by atoms with E-state index in [4.69, 9.17) is 4.74 Å². The van der Waals surface area contributed by atoms with Crippen LogP contribution >= 0.6 is 0 Å². The maximum absolute atomic E-state index is 11.2. The van der Waals surface area contributed by atoms with Gasteiger partial charge in [0.25, 0.3) is 0 Å². The van der Waals surface area contributed by atoms with Crippen LogP contribution in [0, 0.1) is 5.92 Å². The van der Waals surface area contributed by atoms with E-state index < -0.39 is 0 Å². The first kappa shape index (κ1) is 14.7. The van der Waals surface area contributed by atoms with Gasteiger partial charge in [0.05, 0.1) is 0 Å². The predicted molar refractivity (Wildman–Crippen MR) is 74.4 cm³/mol. The molecule has 0 bridgehead atoms. The summed E-state index contributed by atoms with van der Waals surface area (Å²) in [5, 5.41) is 0. The summed E-state index contributed by atoms with van der Waals surface area (Å²) >= 11 is 0. The number of rotatable bonds is 7. The van der Waals surface area contributed by atoms with Gasteiger partial charge in [-0.15, -0.1) is 0 Å². The zero-order chi connectivity index (χ0) is 13.4. The summed E-state index contributed by atoms with van der Waals surface area (Å²) in [6.45, 7) is 5.82. The highest BCUT2D eigenvalue weighted by Crippen LogP contribution is 2.19. The van der Waals surface area contributed by atoms with Crippen LogP contribution in [-0.2, 0) is 16.0 Å². The van der Waals surface area contributed by atoms with Crippen LogP contribution < -0.4 is 0 Å². The zero-order valence-corrected chi connectivity index (χ0v) is 11.7. The molecule has 1 aromatic rings. The monoisotopic (exact) mass is 248 g/mol. The van der Waals surface area contributed by atoms with Crippen molar-refractivity contribution in [3.05, 3.63) is 35.9 Å². The number of carbonyl (C=O) groups excluding carboxylic acids is 1. The molecule has 0 amide bonds. The lowest BCUT2D eigenvalue weighted by Crippen LogP contribution is -2.25. The Bertz CT molecular complexity index is 345. The van der Waals surface area contributed by atoms with Gasteiger partial charge in [-0.05, 0) is 24.3 Å². The third kappa shape index (κ3) is 5.35. The van der Waals surface area contributed by atoms with Crippen LogP contribution in [0.4, 0.5) is 0 Å². The summed E-state index contributed by atoms with van der Waals surface area (Å²) in [5.41, 5.74) is 1.30. The molecule has 2 atom stereocenters. The quantitative estimate of drug-likeness (QED) is 0.682. The number of hydrogen-bond acceptors (Lipinski definition) is 2. The molecule has 0 heterocycles. The first-order valence-electron chi connectivity index (χ1n) is 6.84. The Morgan fingerprint density at radius 2 is 1.94 bits per heavy atom. The maximum atomic E-state index is 11.2. The van der Waals surface area contributed by atoms with Crippen LogP contribution in [0.5, 0.6) is 0 Å². The highest BCUT2D eigenvalue weighted by atomic mass is 16.5. The molecule has 0 spiro atoms. The minimum absolute atomic E-state index is 0.0441. The molecule has 0 aliphatic carbocycles. The lowest BCUT2D eigenvalue weighted by molar-refractivity contribution is -0.149. The van der Waals surface area contributed by atoms with Crippen LogP contribution in [-0.4, -0.2) is 12.1 Å². The van der Waals surface area contributed by atoms with E-state index in [1.807, 2.05) is 6.07 Å². The Labute approximate surface area is 110 Å². The standard InChI is InChI=1S/C16H24O2/c1-4-5-11-16(18-14(3)17)13(2)12-15-9-7-6-8-10-15/h6-10,13,16H,4-5,11-12H2,1-3H3/t13-,16-/m0/s1. The van der Waals surface area contributed by atoms with Crippen molar-refractivity contribution in [3.8, 4) is 0 Å². The summed E-state index contributed by atoms with van der Waals surface area (Å²) in [6.07, 6.45) is 4.21. The Morgan fingerprint density at radius 3 is 2.50 bits per heavy atom. The second kappa shape index (κ2) is 7.91. The van der Waals surface area contributed by atoms with Crippen LogP contribution in [0.3, 0.4) is 0 Å². The van der Waals surface area contributed by atoms with Gasteiger partial charge in [0.2, 0.25) is 0 Å². The summed E-state index contributed by atoms with van der Waals surface area (Å²) < 4.78 is 5.45. The van der Waals surface area contributed by atoms with Crippen molar-refractivity contribution >= 4 is 5.97 Å².